The molecule has 154 valence electrons. The lowest BCUT2D eigenvalue weighted by Gasteiger charge is -2.56. The summed E-state index contributed by atoms with van der Waals surface area (Å²) in [6.45, 7) is 4.78. The summed E-state index contributed by atoms with van der Waals surface area (Å²) in [5, 5.41) is 18.8. The number of carbonyl (C=O) groups is 1. The molecule has 4 aliphatic carbocycles. The molecule has 1 aromatic heterocycles. The van der Waals surface area contributed by atoms with E-state index in [-0.39, 0.29) is 11.3 Å². The second kappa shape index (κ2) is 6.65. The maximum atomic E-state index is 13.1. The van der Waals surface area contributed by atoms with Crippen LogP contribution in [0.15, 0.2) is 12.4 Å². The summed E-state index contributed by atoms with van der Waals surface area (Å²) >= 11 is 0. The summed E-state index contributed by atoms with van der Waals surface area (Å²) in [5.74, 6) is 4.37. The molecule has 1 N–H and O–H groups in total. The average Bonchev–Trinajstić information content (AvgIpc) is 3.27. The Morgan fingerprint density at radius 1 is 1.00 bits per heavy atom. The summed E-state index contributed by atoms with van der Waals surface area (Å²) in [6.07, 6.45) is 13.8. The molecular formula is C23H35N3O2. The molecule has 0 aliphatic heterocycles. The van der Waals surface area contributed by atoms with E-state index < -0.39 is 5.60 Å². The van der Waals surface area contributed by atoms with Crippen LogP contribution in [0.1, 0.15) is 71.6 Å². The third-order valence-electron chi connectivity index (χ3n) is 9.39. The molecule has 4 saturated carbocycles. The van der Waals surface area contributed by atoms with E-state index in [2.05, 4.69) is 17.1 Å². The van der Waals surface area contributed by atoms with Gasteiger partial charge in [0.15, 0.2) is 5.78 Å². The van der Waals surface area contributed by atoms with Crippen molar-refractivity contribution in [2.45, 2.75) is 83.8 Å². The summed E-state index contributed by atoms with van der Waals surface area (Å²) in [4.78, 5) is 14.6. The number of carbonyl (C=O) groups excluding carboxylic acids is 1. The number of aliphatic hydroxyl groups is 1. The predicted octanol–water partition coefficient (Wildman–Crippen LogP) is 3.87. The lowest BCUT2D eigenvalue weighted by Crippen LogP contribution is -2.51. The van der Waals surface area contributed by atoms with Gasteiger partial charge in [0.25, 0.3) is 0 Å². The number of fused-ring (bicyclic) bond motifs is 5. The molecule has 5 rings (SSSR count). The molecule has 0 radical (unpaired) electrons. The van der Waals surface area contributed by atoms with Crippen LogP contribution in [-0.2, 0) is 11.3 Å². The molecule has 4 aliphatic rings. The molecule has 8 atom stereocenters. The number of nitrogens with zero attached hydrogens (tertiary/aromatic N) is 3. The van der Waals surface area contributed by atoms with E-state index in [0.717, 1.165) is 42.9 Å². The Bertz CT molecular complexity index is 730. The van der Waals surface area contributed by atoms with Gasteiger partial charge in [0.2, 0.25) is 0 Å². The second-order valence-corrected chi connectivity index (χ2v) is 10.9. The zero-order valence-electron chi connectivity index (χ0n) is 17.4. The third kappa shape index (κ3) is 2.96. The van der Waals surface area contributed by atoms with Crippen LogP contribution in [-0.4, -0.2) is 31.5 Å². The van der Waals surface area contributed by atoms with Crippen LogP contribution < -0.4 is 0 Å². The van der Waals surface area contributed by atoms with E-state index in [1.165, 1.54) is 38.5 Å². The highest BCUT2D eigenvalue weighted by Crippen LogP contribution is 2.64. The van der Waals surface area contributed by atoms with Crippen molar-refractivity contribution in [2.24, 2.45) is 40.9 Å². The Labute approximate surface area is 168 Å². The van der Waals surface area contributed by atoms with Gasteiger partial charge in [-0.15, -0.1) is 0 Å². The Morgan fingerprint density at radius 3 is 2.54 bits per heavy atom. The predicted molar refractivity (Wildman–Crippen MR) is 106 cm³/mol. The average molecular weight is 386 g/mol. The Kier molecular flexibility index (Phi) is 4.46. The molecule has 1 aromatic rings. The van der Waals surface area contributed by atoms with Gasteiger partial charge in [-0.2, -0.15) is 15.0 Å². The van der Waals surface area contributed by atoms with Crippen LogP contribution >= 0.6 is 0 Å². The zero-order valence-corrected chi connectivity index (χ0v) is 17.4. The monoisotopic (exact) mass is 385 g/mol. The van der Waals surface area contributed by atoms with Gasteiger partial charge in [-0.1, -0.05) is 6.92 Å². The van der Waals surface area contributed by atoms with Gasteiger partial charge in [-0.25, -0.2) is 0 Å². The van der Waals surface area contributed by atoms with Gasteiger partial charge in [-0.05, 0) is 99.7 Å². The Hall–Kier alpha value is -1.23. The minimum atomic E-state index is -0.442. The fourth-order valence-electron chi connectivity index (χ4n) is 8.19. The first-order valence-electron chi connectivity index (χ1n) is 11.5. The van der Waals surface area contributed by atoms with Gasteiger partial charge in [-0.3, -0.25) is 4.79 Å². The van der Waals surface area contributed by atoms with Gasteiger partial charge < -0.3 is 5.11 Å². The summed E-state index contributed by atoms with van der Waals surface area (Å²) in [6, 6.07) is 0. The van der Waals surface area contributed by atoms with Crippen molar-refractivity contribution in [3.05, 3.63) is 12.4 Å². The number of hydrogen-bond donors (Lipinski definition) is 1. The van der Waals surface area contributed by atoms with Crippen molar-refractivity contribution in [3.8, 4) is 0 Å². The Balaban J connectivity index is 1.32. The summed E-state index contributed by atoms with van der Waals surface area (Å²) < 4.78 is 0. The van der Waals surface area contributed by atoms with Gasteiger partial charge in [0.05, 0.1) is 18.0 Å². The van der Waals surface area contributed by atoms with Crippen LogP contribution in [0.2, 0.25) is 0 Å². The van der Waals surface area contributed by atoms with E-state index in [4.69, 9.17) is 0 Å². The molecular weight excluding hydrogens is 350 g/mol. The number of hydrogen-bond acceptors (Lipinski definition) is 4. The van der Waals surface area contributed by atoms with E-state index in [9.17, 15) is 9.90 Å². The molecule has 28 heavy (non-hydrogen) atoms. The highest BCUT2D eigenvalue weighted by atomic mass is 16.3. The van der Waals surface area contributed by atoms with Crippen molar-refractivity contribution >= 4 is 5.78 Å². The maximum Gasteiger partial charge on any atom is 0.159 e. The van der Waals surface area contributed by atoms with E-state index >= 15 is 0 Å². The van der Waals surface area contributed by atoms with Crippen LogP contribution in [0.4, 0.5) is 0 Å². The molecule has 5 nitrogen and oxygen atoms in total. The first-order chi connectivity index (χ1) is 13.4. The van der Waals surface area contributed by atoms with Crippen LogP contribution in [0.3, 0.4) is 0 Å². The fraction of sp³-hybridized carbons (Fsp3) is 0.870. The first kappa shape index (κ1) is 18.8. The fourth-order valence-corrected chi connectivity index (χ4v) is 8.19. The number of aromatic nitrogens is 3. The molecule has 0 aromatic carbocycles. The van der Waals surface area contributed by atoms with E-state index in [1.54, 1.807) is 17.2 Å². The van der Waals surface area contributed by atoms with Crippen LogP contribution in [0.25, 0.3) is 0 Å². The van der Waals surface area contributed by atoms with Crippen LogP contribution in [0.5, 0.6) is 0 Å². The minimum absolute atomic E-state index is 0.165. The molecule has 1 heterocycles. The summed E-state index contributed by atoms with van der Waals surface area (Å²) in [7, 11) is 0. The molecule has 0 spiro atoms. The smallest absolute Gasteiger partial charge is 0.159 e. The highest BCUT2D eigenvalue weighted by molar-refractivity contribution is 5.81. The first-order valence-corrected chi connectivity index (χ1v) is 11.5. The third-order valence-corrected chi connectivity index (χ3v) is 9.39. The zero-order chi connectivity index (χ0) is 19.5. The quantitative estimate of drug-likeness (QED) is 0.858. The van der Waals surface area contributed by atoms with Gasteiger partial charge >= 0.3 is 0 Å². The normalized spacial score (nSPS) is 47.8. The molecule has 4 fully saturated rings. The van der Waals surface area contributed by atoms with Crippen LogP contribution in [0, 0.1) is 40.9 Å². The molecule has 0 bridgehead atoms. The second-order valence-electron chi connectivity index (χ2n) is 10.9. The molecule has 0 unspecified atom stereocenters. The lowest BCUT2D eigenvalue weighted by atomic mass is 9.49. The molecule has 5 heteroatoms. The minimum Gasteiger partial charge on any atom is -0.390 e. The van der Waals surface area contributed by atoms with E-state index in [0.29, 0.717) is 18.2 Å². The van der Waals surface area contributed by atoms with Gasteiger partial charge in [0, 0.05) is 5.92 Å². The summed E-state index contributed by atoms with van der Waals surface area (Å²) in [5.41, 5.74) is -0.277. The number of rotatable bonds is 3. The van der Waals surface area contributed by atoms with Crippen molar-refractivity contribution in [3.63, 3.8) is 0 Å². The SMILES string of the molecule is C[C@]1(O)CC[C@H]2[C@@H](CC[C@@H]3[C@@H]2CC[C@]2(C)[C@@H](C(=O)Cn4nccn4)CC[C@@H]32)C1. The standard InChI is InChI=1S/C23H35N3O2/c1-22(28)9-7-16-15(13-22)3-4-18-17(16)8-10-23(2)19(18)5-6-20(23)21(27)14-26-24-11-12-25-26/h11-12,15-20,28H,3-10,13-14H2,1-2H3/t15-,16-,17+,18+,19-,20+,22-,23-/m0/s1. The number of ketones is 1. The Morgan fingerprint density at radius 2 is 1.75 bits per heavy atom. The van der Waals surface area contributed by atoms with Gasteiger partial charge in [0.1, 0.15) is 6.54 Å². The van der Waals surface area contributed by atoms with Crippen molar-refractivity contribution < 1.29 is 9.90 Å². The van der Waals surface area contributed by atoms with Crippen molar-refractivity contribution in [1.29, 1.82) is 0 Å². The maximum absolute atomic E-state index is 13.1. The molecule has 0 amide bonds. The van der Waals surface area contributed by atoms with Crippen molar-refractivity contribution in [2.75, 3.05) is 0 Å². The molecule has 0 saturated heterocycles. The largest absolute Gasteiger partial charge is 0.390 e. The topological polar surface area (TPSA) is 68.0 Å². The van der Waals surface area contributed by atoms with Crippen molar-refractivity contribution in [1.82, 2.24) is 15.0 Å². The number of Topliss-reactive ketones (excluding diaryl/α,β-unsaturated/α-hetero) is 1. The van der Waals surface area contributed by atoms with E-state index in [1.807, 2.05) is 6.92 Å². The highest BCUT2D eigenvalue weighted by Gasteiger charge is 2.58. The lowest BCUT2D eigenvalue weighted by molar-refractivity contribution is -0.133.